The summed E-state index contributed by atoms with van der Waals surface area (Å²) in [5.74, 6) is 0.353. The quantitative estimate of drug-likeness (QED) is 0.824. The van der Waals surface area contributed by atoms with E-state index in [2.05, 4.69) is 5.32 Å². The lowest BCUT2D eigenvalue weighted by atomic mass is 10.0. The van der Waals surface area contributed by atoms with Crippen molar-refractivity contribution in [2.24, 2.45) is 0 Å². The number of hydrogen-bond acceptors (Lipinski definition) is 4. The maximum Gasteiger partial charge on any atom is 0.262 e. The summed E-state index contributed by atoms with van der Waals surface area (Å²) in [7, 11) is 0. The predicted molar refractivity (Wildman–Crippen MR) is 68.5 cm³/mol. The highest BCUT2D eigenvalue weighted by molar-refractivity contribution is 6.02. The zero-order valence-electron chi connectivity index (χ0n) is 10.6. The van der Waals surface area contributed by atoms with Crippen LogP contribution in [-0.2, 0) is 9.53 Å². The molecule has 3 rings (SSSR count). The van der Waals surface area contributed by atoms with Crippen LogP contribution in [0.2, 0.25) is 0 Å². The Labute approximate surface area is 110 Å². The Balaban J connectivity index is 1.83. The van der Waals surface area contributed by atoms with E-state index in [4.69, 9.17) is 9.47 Å². The minimum Gasteiger partial charge on any atom is -0.482 e. The van der Waals surface area contributed by atoms with E-state index in [1.54, 1.807) is 18.2 Å². The van der Waals surface area contributed by atoms with Crippen LogP contribution in [0.25, 0.3) is 0 Å². The maximum absolute atomic E-state index is 12.3. The summed E-state index contributed by atoms with van der Waals surface area (Å²) < 4.78 is 10.8. The van der Waals surface area contributed by atoms with Gasteiger partial charge in [0.15, 0.2) is 12.4 Å². The molecule has 1 aromatic rings. The molecule has 5 heteroatoms. The smallest absolute Gasteiger partial charge is 0.262 e. The van der Waals surface area contributed by atoms with Gasteiger partial charge < -0.3 is 14.8 Å². The van der Waals surface area contributed by atoms with Gasteiger partial charge in [0, 0.05) is 5.56 Å². The molecule has 1 N–H and O–H groups in total. The molecule has 0 aliphatic carbocycles. The van der Waals surface area contributed by atoms with Gasteiger partial charge in [0.25, 0.3) is 5.91 Å². The van der Waals surface area contributed by atoms with E-state index in [0.717, 1.165) is 12.8 Å². The Morgan fingerprint density at radius 2 is 2.21 bits per heavy atom. The average molecular weight is 261 g/mol. The van der Waals surface area contributed by atoms with Crippen LogP contribution in [0.4, 0.5) is 5.69 Å². The molecule has 2 aliphatic rings. The highest BCUT2D eigenvalue weighted by Gasteiger charge is 2.29. The Morgan fingerprint density at radius 1 is 1.37 bits per heavy atom. The lowest BCUT2D eigenvalue weighted by molar-refractivity contribution is -0.118. The van der Waals surface area contributed by atoms with Crippen molar-refractivity contribution in [1.29, 1.82) is 0 Å². The molecule has 1 amide bonds. The zero-order chi connectivity index (χ0) is 13.4. The Hall–Kier alpha value is -1.88. The second-order valence-electron chi connectivity index (χ2n) is 4.92. The van der Waals surface area contributed by atoms with E-state index in [-0.39, 0.29) is 30.5 Å². The number of Topliss-reactive ketones (excluding diaryl/α,β-unsaturated/α-hetero) is 1. The van der Waals surface area contributed by atoms with Gasteiger partial charge in [-0.1, -0.05) is 0 Å². The maximum atomic E-state index is 12.3. The van der Waals surface area contributed by atoms with Gasteiger partial charge >= 0.3 is 0 Å². The molecule has 1 saturated heterocycles. The van der Waals surface area contributed by atoms with Crippen LogP contribution in [0.1, 0.15) is 30.1 Å². The Morgan fingerprint density at radius 3 is 2.95 bits per heavy atom. The Bertz CT molecular complexity index is 540. The fourth-order valence-corrected chi connectivity index (χ4v) is 2.42. The first kappa shape index (κ1) is 12.2. The summed E-state index contributed by atoms with van der Waals surface area (Å²) in [4.78, 5) is 23.5. The van der Waals surface area contributed by atoms with Gasteiger partial charge in [-0.25, -0.2) is 0 Å². The number of ether oxygens (including phenoxy) is 2. The highest BCUT2D eigenvalue weighted by Crippen LogP contribution is 2.30. The minimum atomic E-state index is -0.367. The van der Waals surface area contributed by atoms with Crippen molar-refractivity contribution in [1.82, 2.24) is 0 Å². The second kappa shape index (κ2) is 4.66. The van der Waals surface area contributed by atoms with Crippen LogP contribution in [0, 0.1) is 0 Å². The fraction of sp³-hybridized carbons (Fsp3) is 0.429. The molecule has 0 aromatic heterocycles. The van der Waals surface area contributed by atoms with Crippen molar-refractivity contribution in [2.75, 3.05) is 11.9 Å². The first-order valence-electron chi connectivity index (χ1n) is 6.40. The topological polar surface area (TPSA) is 64.6 Å². The van der Waals surface area contributed by atoms with Gasteiger partial charge in [-0.15, -0.1) is 0 Å². The summed E-state index contributed by atoms with van der Waals surface area (Å²) in [5.41, 5.74) is 1.09. The monoisotopic (exact) mass is 261 g/mol. The predicted octanol–water partition coefficient (Wildman–Crippen LogP) is 1.77. The van der Waals surface area contributed by atoms with Crippen LogP contribution in [0.15, 0.2) is 18.2 Å². The molecule has 0 spiro atoms. The van der Waals surface area contributed by atoms with Gasteiger partial charge in [-0.3, -0.25) is 9.59 Å². The van der Waals surface area contributed by atoms with Gasteiger partial charge in [-0.2, -0.15) is 0 Å². The first-order valence-corrected chi connectivity index (χ1v) is 6.40. The number of carbonyl (C=O) groups excluding carboxylic acids is 2. The van der Waals surface area contributed by atoms with Crippen LogP contribution in [-0.4, -0.2) is 30.5 Å². The normalized spacial score (nSPS) is 25.4. The van der Waals surface area contributed by atoms with Gasteiger partial charge in [-0.05, 0) is 38.0 Å². The van der Waals surface area contributed by atoms with Crippen LogP contribution in [0.5, 0.6) is 5.75 Å². The summed E-state index contributed by atoms with van der Waals surface area (Å²) in [6.45, 7) is 1.98. The van der Waals surface area contributed by atoms with Crippen LogP contribution < -0.4 is 10.1 Å². The van der Waals surface area contributed by atoms with Crippen molar-refractivity contribution in [2.45, 2.75) is 32.0 Å². The van der Waals surface area contributed by atoms with E-state index in [0.29, 0.717) is 17.0 Å². The number of anilines is 1. The van der Waals surface area contributed by atoms with E-state index < -0.39 is 0 Å². The molecule has 1 fully saturated rings. The molecule has 2 aliphatic heterocycles. The number of fused-ring (bicyclic) bond motifs is 1. The van der Waals surface area contributed by atoms with Crippen molar-refractivity contribution in [3.8, 4) is 5.75 Å². The van der Waals surface area contributed by atoms with Crippen molar-refractivity contribution < 1.29 is 19.1 Å². The molecule has 0 saturated carbocycles. The first-order chi connectivity index (χ1) is 9.13. The van der Waals surface area contributed by atoms with E-state index in [1.165, 1.54) is 0 Å². The molecule has 19 heavy (non-hydrogen) atoms. The van der Waals surface area contributed by atoms with E-state index >= 15 is 0 Å². The summed E-state index contributed by atoms with van der Waals surface area (Å²) in [5, 5.41) is 2.70. The number of carbonyl (C=O) groups is 2. The molecule has 0 radical (unpaired) electrons. The average Bonchev–Trinajstić information content (AvgIpc) is 2.83. The van der Waals surface area contributed by atoms with Crippen LogP contribution in [0.3, 0.4) is 0 Å². The highest BCUT2D eigenvalue weighted by atomic mass is 16.5. The molecular weight excluding hydrogens is 246 g/mol. The number of ketones is 1. The van der Waals surface area contributed by atoms with Gasteiger partial charge in [0.1, 0.15) is 11.9 Å². The number of nitrogens with one attached hydrogen (secondary N) is 1. The number of hydrogen-bond donors (Lipinski definition) is 1. The number of rotatable bonds is 2. The SMILES string of the molecule is CC1CCC(C(=O)c2ccc3c(c2)NC(=O)CO3)O1. The standard InChI is InChI=1S/C14H15NO4/c1-8-2-4-12(19-8)14(17)9-3-5-11-10(6-9)15-13(16)7-18-11/h3,5-6,8,12H,2,4,7H2,1H3,(H,15,16). The molecule has 2 unspecified atom stereocenters. The lowest BCUT2D eigenvalue weighted by Crippen LogP contribution is -2.26. The van der Waals surface area contributed by atoms with Crippen molar-refractivity contribution in [3.05, 3.63) is 23.8 Å². The molecule has 100 valence electrons. The third kappa shape index (κ3) is 2.33. The third-order valence-corrected chi connectivity index (χ3v) is 3.42. The fourth-order valence-electron chi connectivity index (χ4n) is 2.42. The lowest BCUT2D eigenvalue weighted by Gasteiger charge is -2.19. The molecule has 1 aromatic carbocycles. The van der Waals surface area contributed by atoms with Gasteiger partial charge in [0.05, 0.1) is 11.8 Å². The summed E-state index contributed by atoms with van der Waals surface area (Å²) >= 11 is 0. The second-order valence-corrected chi connectivity index (χ2v) is 4.92. The Kier molecular flexibility index (Phi) is 2.98. The molecule has 2 atom stereocenters. The molecular formula is C14H15NO4. The molecule has 2 heterocycles. The minimum absolute atomic E-state index is 0.0174. The molecule has 5 nitrogen and oxygen atoms in total. The van der Waals surface area contributed by atoms with Crippen molar-refractivity contribution >= 4 is 17.4 Å². The van der Waals surface area contributed by atoms with E-state index in [1.807, 2.05) is 6.92 Å². The zero-order valence-corrected chi connectivity index (χ0v) is 10.6. The van der Waals surface area contributed by atoms with Gasteiger partial charge in [0.2, 0.25) is 0 Å². The largest absolute Gasteiger partial charge is 0.482 e. The van der Waals surface area contributed by atoms with Crippen LogP contribution >= 0.6 is 0 Å². The number of benzene rings is 1. The third-order valence-electron chi connectivity index (χ3n) is 3.42. The van der Waals surface area contributed by atoms with Crippen molar-refractivity contribution in [3.63, 3.8) is 0 Å². The number of amides is 1. The molecule has 0 bridgehead atoms. The van der Waals surface area contributed by atoms with E-state index in [9.17, 15) is 9.59 Å². The summed E-state index contributed by atoms with van der Waals surface area (Å²) in [6.07, 6.45) is 1.42. The summed E-state index contributed by atoms with van der Waals surface area (Å²) in [6, 6.07) is 5.08.